The zero-order chi connectivity index (χ0) is 13.6. The molecule has 0 fully saturated rings. The first kappa shape index (κ1) is 13.7. The van der Waals surface area contributed by atoms with Crippen LogP contribution in [0, 0.1) is 49.4 Å². The Kier molecular flexibility index (Phi) is 4.42. The van der Waals surface area contributed by atoms with E-state index in [2.05, 4.69) is 17.8 Å². The van der Waals surface area contributed by atoms with E-state index in [1.165, 1.54) is 0 Å². The number of carbonyl (C=O) groups is 1. The molecule has 0 aliphatic carbocycles. The van der Waals surface area contributed by atoms with Crippen LogP contribution in [0.5, 0.6) is 0 Å². The third kappa shape index (κ3) is 2.65. The molecule has 1 aromatic rings. The number of aryl methyl sites for hydroxylation is 1. The maximum absolute atomic E-state index is 12.5. The fourth-order valence-electron chi connectivity index (χ4n) is 1.83. The van der Waals surface area contributed by atoms with Gasteiger partial charge in [0.2, 0.25) is 5.78 Å². The van der Waals surface area contributed by atoms with Crippen LogP contribution < -0.4 is 0 Å². The average Bonchev–Trinajstić information content (AvgIpc) is 2.75. The number of carbonyl (C=O) groups excluding carboxylic acids is 1. The molecule has 2 heteroatoms. The highest BCUT2D eigenvalue weighted by Gasteiger charge is 2.38. The van der Waals surface area contributed by atoms with Crippen molar-refractivity contribution in [2.45, 2.75) is 26.2 Å². The monoisotopic (exact) mass is 238 g/mol. The fourth-order valence-corrected chi connectivity index (χ4v) is 1.83. The second-order valence-corrected chi connectivity index (χ2v) is 4.16. The minimum Gasteiger partial charge on any atom is -0.458 e. The molecule has 1 aromatic heterocycles. The van der Waals surface area contributed by atoms with Crippen LogP contribution >= 0.6 is 0 Å². The second kappa shape index (κ2) is 5.81. The number of rotatable bonds is 5. The van der Waals surface area contributed by atoms with Gasteiger partial charge in [0.05, 0.1) is 5.41 Å². The van der Waals surface area contributed by atoms with Gasteiger partial charge >= 0.3 is 0 Å². The van der Waals surface area contributed by atoms with Crippen LogP contribution in [-0.4, -0.2) is 5.78 Å². The van der Waals surface area contributed by atoms with E-state index in [9.17, 15) is 4.79 Å². The lowest BCUT2D eigenvalue weighted by atomic mass is 9.74. The largest absolute Gasteiger partial charge is 0.458 e. The SMILES string of the molecule is C#CCC(CC#C)(CC#C)C(=O)c1ccc(C)o1. The van der Waals surface area contributed by atoms with Crippen molar-refractivity contribution in [2.24, 2.45) is 5.41 Å². The molecule has 2 nitrogen and oxygen atoms in total. The normalized spacial score (nSPS) is 10.1. The molecule has 0 radical (unpaired) electrons. The highest BCUT2D eigenvalue weighted by Crippen LogP contribution is 2.34. The predicted octanol–water partition coefficient (Wildman–Crippen LogP) is 2.83. The lowest BCUT2D eigenvalue weighted by Crippen LogP contribution is -2.30. The van der Waals surface area contributed by atoms with E-state index in [1.54, 1.807) is 19.1 Å². The smallest absolute Gasteiger partial charge is 0.206 e. The molecule has 0 N–H and O–H groups in total. The molecule has 0 bridgehead atoms. The van der Waals surface area contributed by atoms with Crippen molar-refractivity contribution in [3.63, 3.8) is 0 Å². The van der Waals surface area contributed by atoms with Gasteiger partial charge < -0.3 is 4.42 Å². The van der Waals surface area contributed by atoms with Crippen LogP contribution in [0.3, 0.4) is 0 Å². The van der Waals surface area contributed by atoms with E-state index in [-0.39, 0.29) is 30.8 Å². The van der Waals surface area contributed by atoms with Crippen molar-refractivity contribution in [1.82, 2.24) is 0 Å². The van der Waals surface area contributed by atoms with Crippen molar-refractivity contribution in [2.75, 3.05) is 0 Å². The Balaban J connectivity index is 3.18. The van der Waals surface area contributed by atoms with Crippen molar-refractivity contribution in [3.8, 4) is 37.0 Å². The fraction of sp³-hybridized carbons (Fsp3) is 0.312. The summed E-state index contributed by atoms with van der Waals surface area (Å²) in [6, 6.07) is 3.34. The minimum absolute atomic E-state index is 0.208. The summed E-state index contributed by atoms with van der Waals surface area (Å²) in [5.41, 5.74) is -0.914. The van der Waals surface area contributed by atoms with E-state index >= 15 is 0 Å². The van der Waals surface area contributed by atoms with Gasteiger partial charge in [0.1, 0.15) is 5.76 Å². The Bertz CT molecular complexity index is 514. The number of hydrogen-bond acceptors (Lipinski definition) is 2. The molecule has 1 rings (SSSR count). The van der Waals surface area contributed by atoms with E-state index in [0.717, 1.165) is 0 Å². The molecule has 0 saturated carbocycles. The van der Waals surface area contributed by atoms with Gasteiger partial charge in [0, 0.05) is 19.3 Å². The molecule has 0 aliphatic rings. The Morgan fingerprint density at radius 1 is 1.17 bits per heavy atom. The van der Waals surface area contributed by atoms with Crippen LogP contribution in [0.15, 0.2) is 16.5 Å². The summed E-state index contributed by atoms with van der Waals surface area (Å²) in [5.74, 6) is 8.15. The van der Waals surface area contributed by atoms with E-state index in [4.69, 9.17) is 23.7 Å². The Morgan fingerprint density at radius 2 is 1.67 bits per heavy atom. The summed E-state index contributed by atoms with van der Waals surface area (Å²) in [6.07, 6.45) is 16.6. The van der Waals surface area contributed by atoms with Crippen molar-refractivity contribution >= 4 is 5.78 Å². The quantitative estimate of drug-likeness (QED) is 0.583. The van der Waals surface area contributed by atoms with Gasteiger partial charge in [-0.1, -0.05) is 0 Å². The van der Waals surface area contributed by atoms with Crippen molar-refractivity contribution < 1.29 is 9.21 Å². The minimum atomic E-state index is -0.914. The van der Waals surface area contributed by atoms with Crippen LogP contribution in [0.1, 0.15) is 35.6 Å². The van der Waals surface area contributed by atoms with Gasteiger partial charge in [-0.05, 0) is 19.1 Å². The molecule has 0 aliphatic heterocycles. The molecule has 90 valence electrons. The van der Waals surface area contributed by atoms with Crippen LogP contribution in [0.25, 0.3) is 0 Å². The third-order valence-corrected chi connectivity index (χ3v) is 2.77. The Labute approximate surface area is 108 Å². The zero-order valence-electron chi connectivity index (χ0n) is 10.3. The number of hydrogen-bond donors (Lipinski definition) is 0. The summed E-state index contributed by atoms with van der Waals surface area (Å²) in [7, 11) is 0. The lowest BCUT2D eigenvalue weighted by Gasteiger charge is -2.25. The molecule has 0 unspecified atom stereocenters. The highest BCUT2D eigenvalue weighted by molar-refractivity contribution is 5.98. The molecule has 0 saturated heterocycles. The van der Waals surface area contributed by atoms with E-state index in [1.807, 2.05) is 0 Å². The molecule has 0 atom stereocenters. The first-order chi connectivity index (χ1) is 8.59. The maximum atomic E-state index is 12.5. The molecule has 1 heterocycles. The number of furan rings is 1. The third-order valence-electron chi connectivity index (χ3n) is 2.77. The maximum Gasteiger partial charge on any atom is 0.206 e. The lowest BCUT2D eigenvalue weighted by molar-refractivity contribution is 0.0776. The number of terminal acetylenes is 3. The number of ketones is 1. The zero-order valence-corrected chi connectivity index (χ0v) is 10.3. The Morgan fingerprint density at radius 3 is 2.00 bits per heavy atom. The summed E-state index contributed by atoms with van der Waals surface area (Å²) in [5, 5.41) is 0. The average molecular weight is 238 g/mol. The van der Waals surface area contributed by atoms with E-state index in [0.29, 0.717) is 5.76 Å². The predicted molar refractivity (Wildman–Crippen MR) is 70.6 cm³/mol. The van der Waals surface area contributed by atoms with Crippen LogP contribution in [-0.2, 0) is 0 Å². The standard InChI is InChI=1S/C16H14O2/c1-5-10-16(11-6-2,12-7-3)15(17)14-9-8-13(4)18-14/h1-3,8-9H,10-12H2,4H3. The first-order valence-electron chi connectivity index (χ1n) is 5.51. The van der Waals surface area contributed by atoms with Gasteiger partial charge in [-0.25, -0.2) is 0 Å². The van der Waals surface area contributed by atoms with Gasteiger partial charge in [-0.3, -0.25) is 4.79 Å². The summed E-state index contributed by atoms with van der Waals surface area (Å²) in [6.45, 7) is 1.77. The summed E-state index contributed by atoms with van der Waals surface area (Å²) < 4.78 is 5.33. The van der Waals surface area contributed by atoms with Gasteiger partial charge in [0.15, 0.2) is 5.76 Å². The van der Waals surface area contributed by atoms with Crippen molar-refractivity contribution in [3.05, 3.63) is 23.7 Å². The van der Waals surface area contributed by atoms with E-state index < -0.39 is 5.41 Å². The van der Waals surface area contributed by atoms with Crippen LogP contribution in [0.4, 0.5) is 0 Å². The van der Waals surface area contributed by atoms with Gasteiger partial charge in [0.25, 0.3) is 0 Å². The molecule has 0 spiro atoms. The second-order valence-electron chi connectivity index (χ2n) is 4.16. The molecular formula is C16H14O2. The summed E-state index contributed by atoms with van der Waals surface area (Å²) >= 11 is 0. The Hall–Kier alpha value is -2.37. The van der Waals surface area contributed by atoms with Gasteiger partial charge in [-0.15, -0.1) is 37.0 Å². The highest BCUT2D eigenvalue weighted by atomic mass is 16.3. The number of Topliss-reactive ketones (excluding diaryl/α,β-unsaturated/α-hetero) is 1. The van der Waals surface area contributed by atoms with Crippen molar-refractivity contribution in [1.29, 1.82) is 0 Å². The molecule has 0 amide bonds. The van der Waals surface area contributed by atoms with Crippen LogP contribution in [0.2, 0.25) is 0 Å². The molecule has 0 aromatic carbocycles. The first-order valence-corrected chi connectivity index (χ1v) is 5.51. The topological polar surface area (TPSA) is 30.2 Å². The van der Waals surface area contributed by atoms with Gasteiger partial charge in [-0.2, -0.15) is 0 Å². The molecular weight excluding hydrogens is 224 g/mol. The summed E-state index contributed by atoms with van der Waals surface area (Å²) in [4.78, 5) is 12.5. The molecule has 18 heavy (non-hydrogen) atoms.